The second-order valence-electron chi connectivity index (χ2n) is 2.64. The smallest absolute Gasteiger partial charge is 0.276 e. The van der Waals surface area contributed by atoms with Gasteiger partial charge in [0.15, 0.2) is 0 Å². The predicted molar refractivity (Wildman–Crippen MR) is 50.9 cm³/mol. The molecule has 0 bridgehead atoms. The summed E-state index contributed by atoms with van der Waals surface area (Å²) in [6, 6.07) is 6.43. The lowest BCUT2D eigenvalue weighted by Gasteiger charge is -2.06. The molecular formula is C9H10N2O3. The molecule has 0 aromatic heterocycles. The fourth-order valence-electron chi connectivity index (χ4n) is 0.958. The first-order chi connectivity index (χ1) is 6.69. The number of methoxy groups -OCH3 is 1. The molecule has 1 aromatic rings. The van der Waals surface area contributed by atoms with E-state index in [1.165, 1.54) is 14.2 Å². The van der Waals surface area contributed by atoms with E-state index in [2.05, 4.69) is 5.29 Å². The molecule has 14 heavy (non-hydrogen) atoms. The van der Waals surface area contributed by atoms with E-state index in [0.29, 0.717) is 11.3 Å². The molecule has 1 amide bonds. The minimum atomic E-state index is -0.442. The number of benzene rings is 1. The van der Waals surface area contributed by atoms with Crippen LogP contribution in [0.5, 0.6) is 5.75 Å². The molecule has 0 aliphatic carbocycles. The summed E-state index contributed by atoms with van der Waals surface area (Å²) in [6.45, 7) is 0. The van der Waals surface area contributed by atoms with Crippen molar-refractivity contribution in [2.24, 2.45) is 5.29 Å². The van der Waals surface area contributed by atoms with Crippen molar-refractivity contribution in [1.29, 1.82) is 0 Å². The Hall–Kier alpha value is -1.91. The van der Waals surface area contributed by atoms with Crippen LogP contribution in [0, 0.1) is 4.91 Å². The third-order valence-corrected chi connectivity index (χ3v) is 1.75. The zero-order chi connectivity index (χ0) is 10.6. The van der Waals surface area contributed by atoms with Crippen LogP contribution in [-0.2, 0) is 0 Å². The Morgan fingerprint density at radius 3 is 2.36 bits per heavy atom. The summed E-state index contributed by atoms with van der Waals surface area (Å²) < 4.78 is 4.93. The highest BCUT2D eigenvalue weighted by molar-refractivity contribution is 5.93. The van der Waals surface area contributed by atoms with Gasteiger partial charge in [-0.1, -0.05) is 0 Å². The van der Waals surface area contributed by atoms with E-state index >= 15 is 0 Å². The van der Waals surface area contributed by atoms with Crippen molar-refractivity contribution < 1.29 is 9.53 Å². The van der Waals surface area contributed by atoms with E-state index in [4.69, 9.17) is 4.74 Å². The number of hydrogen-bond donors (Lipinski definition) is 0. The molecule has 0 heterocycles. The van der Waals surface area contributed by atoms with E-state index in [9.17, 15) is 9.70 Å². The topological polar surface area (TPSA) is 59.0 Å². The lowest BCUT2D eigenvalue weighted by Crippen LogP contribution is -2.20. The molecule has 0 fully saturated rings. The number of carbonyl (C=O) groups excluding carboxylic acids is 1. The van der Waals surface area contributed by atoms with Gasteiger partial charge in [-0.05, 0) is 24.3 Å². The number of hydrogen-bond acceptors (Lipinski definition) is 4. The van der Waals surface area contributed by atoms with Gasteiger partial charge in [0, 0.05) is 12.6 Å². The fraction of sp³-hybridized carbons (Fsp3) is 0.222. The first-order valence-electron chi connectivity index (χ1n) is 3.94. The van der Waals surface area contributed by atoms with E-state index in [-0.39, 0.29) is 0 Å². The summed E-state index contributed by atoms with van der Waals surface area (Å²) in [5, 5.41) is 3.25. The molecule has 5 heteroatoms. The second kappa shape index (κ2) is 4.36. The standard InChI is InChI=1S/C9H10N2O3/c1-11(10-13)9(12)7-3-5-8(14-2)6-4-7/h3-6H,1-2H3. The lowest BCUT2D eigenvalue weighted by atomic mass is 10.2. The van der Waals surface area contributed by atoms with E-state index < -0.39 is 5.91 Å². The van der Waals surface area contributed by atoms with Gasteiger partial charge in [0.05, 0.1) is 12.4 Å². The van der Waals surface area contributed by atoms with Crippen molar-refractivity contribution in [3.05, 3.63) is 34.7 Å². The molecule has 0 aliphatic rings. The van der Waals surface area contributed by atoms with E-state index in [1.54, 1.807) is 24.3 Å². The second-order valence-corrected chi connectivity index (χ2v) is 2.64. The van der Waals surface area contributed by atoms with Gasteiger partial charge < -0.3 is 4.74 Å². The molecular weight excluding hydrogens is 184 g/mol. The van der Waals surface area contributed by atoms with Crippen LogP contribution in [0.3, 0.4) is 0 Å². The highest BCUT2D eigenvalue weighted by atomic mass is 16.5. The number of ether oxygens (including phenoxy) is 1. The monoisotopic (exact) mass is 194 g/mol. The van der Waals surface area contributed by atoms with Crippen LogP contribution in [-0.4, -0.2) is 25.1 Å². The first kappa shape index (κ1) is 10.2. The largest absolute Gasteiger partial charge is 0.497 e. The van der Waals surface area contributed by atoms with Gasteiger partial charge in [-0.2, -0.15) is 5.01 Å². The molecule has 5 nitrogen and oxygen atoms in total. The number of amides is 1. The van der Waals surface area contributed by atoms with Gasteiger partial charge in [0.1, 0.15) is 5.75 Å². The molecule has 74 valence electrons. The van der Waals surface area contributed by atoms with Crippen LogP contribution >= 0.6 is 0 Å². The summed E-state index contributed by atoms with van der Waals surface area (Å²) in [7, 11) is 2.84. The van der Waals surface area contributed by atoms with Crippen molar-refractivity contribution in [3.63, 3.8) is 0 Å². The first-order valence-corrected chi connectivity index (χ1v) is 3.94. The molecule has 1 rings (SSSR count). The summed E-state index contributed by atoms with van der Waals surface area (Å²) >= 11 is 0. The minimum absolute atomic E-state index is 0.396. The van der Waals surface area contributed by atoms with Gasteiger partial charge in [0.2, 0.25) is 0 Å². The van der Waals surface area contributed by atoms with E-state index in [1.807, 2.05) is 0 Å². The molecule has 0 atom stereocenters. The number of carbonyl (C=O) groups is 1. The van der Waals surface area contributed by atoms with Gasteiger partial charge in [-0.15, -0.1) is 4.91 Å². The van der Waals surface area contributed by atoms with Crippen LogP contribution in [0.15, 0.2) is 29.6 Å². The van der Waals surface area contributed by atoms with Crippen LogP contribution in [0.1, 0.15) is 10.4 Å². The van der Waals surface area contributed by atoms with Crippen molar-refractivity contribution in [2.45, 2.75) is 0 Å². The molecule has 0 N–H and O–H groups in total. The minimum Gasteiger partial charge on any atom is -0.497 e. The molecule has 0 saturated carbocycles. The third-order valence-electron chi connectivity index (χ3n) is 1.75. The Morgan fingerprint density at radius 2 is 1.93 bits per heavy atom. The van der Waals surface area contributed by atoms with E-state index in [0.717, 1.165) is 5.01 Å². The fourth-order valence-corrected chi connectivity index (χ4v) is 0.958. The third kappa shape index (κ3) is 2.07. The van der Waals surface area contributed by atoms with Crippen molar-refractivity contribution in [3.8, 4) is 5.75 Å². The van der Waals surface area contributed by atoms with Crippen LogP contribution in [0.25, 0.3) is 0 Å². The van der Waals surface area contributed by atoms with Crippen LogP contribution in [0.4, 0.5) is 0 Å². The number of nitrogens with zero attached hydrogens (tertiary/aromatic N) is 2. The van der Waals surface area contributed by atoms with Gasteiger partial charge >= 0.3 is 0 Å². The predicted octanol–water partition coefficient (Wildman–Crippen LogP) is 1.45. The van der Waals surface area contributed by atoms with Gasteiger partial charge in [-0.25, -0.2) is 0 Å². The quantitative estimate of drug-likeness (QED) is 0.540. The average molecular weight is 194 g/mol. The Bertz CT molecular complexity index is 334. The zero-order valence-electron chi connectivity index (χ0n) is 7.93. The molecule has 0 spiro atoms. The molecule has 0 unspecified atom stereocenters. The van der Waals surface area contributed by atoms with Gasteiger partial charge in [-0.3, -0.25) is 4.79 Å². The maximum atomic E-state index is 11.4. The molecule has 0 radical (unpaired) electrons. The van der Waals surface area contributed by atoms with Crippen molar-refractivity contribution >= 4 is 5.91 Å². The maximum Gasteiger partial charge on any atom is 0.276 e. The maximum absolute atomic E-state index is 11.4. The number of rotatable bonds is 3. The molecule has 1 aromatic carbocycles. The molecule has 0 aliphatic heterocycles. The summed E-state index contributed by atoms with van der Waals surface area (Å²) in [5.74, 6) is 0.214. The summed E-state index contributed by atoms with van der Waals surface area (Å²) in [6.07, 6.45) is 0. The van der Waals surface area contributed by atoms with Crippen LogP contribution in [0.2, 0.25) is 0 Å². The normalized spacial score (nSPS) is 9.29. The highest BCUT2D eigenvalue weighted by Gasteiger charge is 2.11. The Morgan fingerprint density at radius 1 is 1.36 bits per heavy atom. The number of nitroso groups, excluding NO2 is 1. The van der Waals surface area contributed by atoms with Crippen molar-refractivity contribution in [1.82, 2.24) is 5.01 Å². The Kier molecular flexibility index (Phi) is 3.17. The highest BCUT2D eigenvalue weighted by Crippen LogP contribution is 2.12. The lowest BCUT2D eigenvalue weighted by molar-refractivity contribution is 0.0796. The Labute approximate surface area is 81.2 Å². The van der Waals surface area contributed by atoms with Gasteiger partial charge in [0.25, 0.3) is 5.91 Å². The zero-order valence-corrected chi connectivity index (χ0v) is 7.93. The van der Waals surface area contributed by atoms with Crippen LogP contribution < -0.4 is 4.74 Å². The molecule has 0 saturated heterocycles. The van der Waals surface area contributed by atoms with Crippen molar-refractivity contribution in [2.75, 3.05) is 14.2 Å². The summed E-state index contributed by atoms with van der Waals surface area (Å²) in [5.41, 5.74) is 0.396. The SMILES string of the molecule is COc1ccc(C(=O)N(C)N=O)cc1. The average Bonchev–Trinajstić information content (AvgIpc) is 2.27. The Balaban J connectivity index is 2.86. The summed E-state index contributed by atoms with van der Waals surface area (Å²) in [4.78, 5) is 21.4.